The lowest BCUT2D eigenvalue weighted by Gasteiger charge is -2.09. The van der Waals surface area contributed by atoms with E-state index in [4.69, 9.17) is 10.8 Å². The molecule has 0 aliphatic heterocycles. The molecule has 1 rings (SSSR count). The van der Waals surface area contributed by atoms with Gasteiger partial charge in [0.25, 0.3) is 11.8 Å². The molecule has 1 aromatic rings. The van der Waals surface area contributed by atoms with E-state index in [1.807, 2.05) is 0 Å². The molecule has 0 saturated heterocycles. The summed E-state index contributed by atoms with van der Waals surface area (Å²) in [7, 11) is 1.52. The van der Waals surface area contributed by atoms with Crippen LogP contribution in [0.5, 0.6) is 0 Å². The van der Waals surface area contributed by atoms with E-state index in [0.29, 0.717) is 6.54 Å². The van der Waals surface area contributed by atoms with E-state index in [1.165, 1.54) is 11.7 Å². The van der Waals surface area contributed by atoms with Gasteiger partial charge in [-0.15, -0.1) is 0 Å². The third-order valence-electron chi connectivity index (χ3n) is 2.18. The van der Waals surface area contributed by atoms with Crippen molar-refractivity contribution >= 4 is 11.8 Å². The minimum Gasteiger partial charge on any atom is -0.396 e. The fourth-order valence-corrected chi connectivity index (χ4v) is 1.15. The highest BCUT2D eigenvalue weighted by molar-refractivity contribution is 5.96. The van der Waals surface area contributed by atoms with Gasteiger partial charge < -0.3 is 16.2 Å². The number of aliphatic hydroxyl groups excluding tert-OH is 1. The van der Waals surface area contributed by atoms with Crippen molar-refractivity contribution in [3.8, 4) is 0 Å². The Kier molecular flexibility index (Phi) is 4.22. The number of rotatable bonds is 5. The summed E-state index contributed by atoms with van der Waals surface area (Å²) in [4.78, 5) is 22.5. The van der Waals surface area contributed by atoms with E-state index in [9.17, 15) is 9.59 Å². The summed E-state index contributed by atoms with van der Waals surface area (Å²) >= 11 is 0. The van der Waals surface area contributed by atoms with Crippen LogP contribution in [0.1, 0.15) is 27.9 Å². The molecule has 1 radical (unpaired) electrons. The van der Waals surface area contributed by atoms with Crippen LogP contribution in [0.2, 0.25) is 0 Å². The number of hydrogen-bond acceptors (Lipinski definition) is 4. The molecular weight excluding hydrogens is 224 g/mol. The Labute approximate surface area is 98.6 Å². The fraction of sp³-hybridized carbons (Fsp3) is 0.500. The summed E-state index contributed by atoms with van der Waals surface area (Å²) in [5.74, 6) is -1.18. The van der Waals surface area contributed by atoms with Crippen LogP contribution in [0, 0.1) is 12.0 Å². The van der Waals surface area contributed by atoms with Gasteiger partial charge in [0.1, 0.15) is 5.69 Å². The molecule has 0 fully saturated rings. The molecule has 7 heteroatoms. The zero-order chi connectivity index (χ0) is 13.0. The topological polar surface area (TPSA) is 110 Å². The van der Waals surface area contributed by atoms with E-state index in [0.717, 1.165) is 0 Å². The summed E-state index contributed by atoms with van der Waals surface area (Å²) < 4.78 is 1.24. The highest BCUT2D eigenvalue weighted by Crippen LogP contribution is 2.01. The lowest BCUT2D eigenvalue weighted by Crippen LogP contribution is -2.30. The van der Waals surface area contributed by atoms with Gasteiger partial charge in [-0.1, -0.05) is 6.92 Å². The molecule has 17 heavy (non-hydrogen) atoms. The van der Waals surface area contributed by atoms with Crippen LogP contribution in [0.25, 0.3) is 0 Å². The second-order valence-corrected chi connectivity index (χ2v) is 3.81. The van der Waals surface area contributed by atoms with E-state index < -0.39 is 11.8 Å². The van der Waals surface area contributed by atoms with Crippen molar-refractivity contribution in [2.24, 2.45) is 18.7 Å². The van der Waals surface area contributed by atoms with E-state index in [1.54, 1.807) is 6.92 Å². The second-order valence-electron chi connectivity index (χ2n) is 3.81. The smallest absolute Gasteiger partial charge is 0.270 e. The Morgan fingerprint density at radius 3 is 2.76 bits per heavy atom. The van der Waals surface area contributed by atoms with Crippen molar-refractivity contribution in [3.63, 3.8) is 0 Å². The minimum absolute atomic E-state index is 0.0120. The van der Waals surface area contributed by atoms with Gasteiger partial charge in [0.05, 0.1) is 6.07 Å². The van der Waals surface area contributed by atoms with Crippen LogP contribution in [0.15, 0.2) is 0 Å². The molecule has 1 unspecified atom stereocenters. The first-order valence-corrected chi connectivity index (χ1v) is 5.10. The number of aromatic nitrogens is 2. The van der Waals surface area contributed by atoms with Crippen LogP contribution < -0.4 is 11.1 Å². The lowest BCUT2D eigenvalue weighted by atomic mass is 10.2. The summed E-state index contributed by atoms with van der Waals surface area (Å²) in [5, 5.41) is 15.2. The predicted molar refractivity (Wildman–Crippen MR) is 59.1 cm³/mol. The highest BCUT2D eigenvalue weighted by Gasteiger charge is 2.16. The molecule has 0 aromatic carbocycles. The van der Waals surface area contributed by atoms with Crippen LogP contribution in [-0.2, 0) is 7.05 Å². The normalized spacial score (nSPS) is 12.2. The number of nitrogens with zero attached hydrogens (tertiary/aromatic N) is 2. The summed E-state index contributed by atoms with van der Waals surface area (Å²) in [6.07, 6.45) is 0. The van der Waals surface area contributed by atoms with Crippen molar-refractivity contribution in [2.45, 2.75) is 6.92 Å². The maximum Gasteiger partial charge on any atom is 0.270 e. The Balaban J connectivity index is 2.72. The number of aliphatic hydroxyl groups is 1. The largest absolute Gasteiger partial charge is 0.396 e. The quantitative estimate of drug-likeness (QED) is 0.591. The van der Waals surface area contributed by atoms with Crippen molar-refractivity contribution < 1.29 is 14.7 Å². The van der Waals surface area contributed by atoms with Gasteiger partial charge in [0.2, 0.25) is 0 Å². The van der Waals surface area contributed by atoms with Crippen molar-refractivity contribution in [2.75, 3.05) is 13.2 Å². The lowest BCUT2D eigenvalue weighted by molar-refractivity contribution is 0.0931. The molecule has 7 nitrogen and oxygen atoms in total. The zero-order valence-corrected chi connectivity index (χ0v) is 9.73. The van der Waals surface area contributed by atoms with Crippen LogP contribution in [0.4, 0.5) is 0 Å². The molecule has 1 atom stereocenters. The third-order valence-corrected chi connectivity index (χ3v) is 2.18. The van der Waals surface area contributed by atoms with Gasteiger partial charge in [-0.3, -0.25) is 14.3 Å². The first-order valence-electron chi connectivity index (χ1n) is 5.10. The van der Waals surface area contributed by atoms with Crippen LogP contribution in [-0.4, -0.2) is 39.9 Å². The molecule has 93 valence electrons. The number of aryl methyl sites for hydroxylation is 1. The number of nitrogens with two attached hydrogens (primary N) is 1. The molecule has 2 amide bonds. The monoisotopic (exact) mass is 239 g/mol. The van der Waals surface area contributed by atoms with Gasteiger partial charge in [0, 0.05) is 20.2 Å². The first kappa shape index (κ1) is 13.2. The summed E-state index contributed by atoms with van der Waals surface area (Å²) in [6, 6.07) is 2.53. The molecule has 1 aromatic heterocycles. The molecular formula is C10H15N4O3. The molecule has 0 spiro atoms. The summed E-state index contributed by atoms with van der Waals surface area (Å²) in [6.45, 7) is 2.12. The predicted octanol–water partition coefficient (Wildman–Crippen LogP) is -1.32. The number of carbonyl (C=O) groups is 2. The van der Waals surface area contributed by atoms with Gasteiger partial charge >= 0.3 is 0 Å². The average Bonchev–Trinajstić information content (AvgIpc) is 2.68. The van der Waals surface area contributed by atoms with E-state index in [-0.39, 0.29) is 23.9 Å². The standard InChI is InChI=1S/C10H15N4O3/c1-6(5-15)4-12-10(17)8-3-7(9(11)16)13-14(8)2/h6,15H,4-5H2,1-2H3,(H2,11,16)(H,12,17). The Bertz CT molecular complexity index is 427. The molecule has 0 aliphatic rings. The van der Waals surface area contributed by atoms with Gasteiger partial charge in [0.15, 0.2) is 5.69 Å². The van der Waals surface area contributed by atoms with Crippen molar-refractivity contribution in [1.82, 2.24) is 15.1 Å². The fourth-order valence-electron chi connectivity index (χ4n) is 1.15. The maximum absolute atomic E-state index is 11.7. The number of amides is 2. The van der Waals surface area contributed by atoms with E-state index >= 15 is 0 Å². The van der Waals surface area contributed by atoms with Crippen molar-refractivity contribution in [1.29, 1.82) is 0 Å². The molecule has 0 saturated carbocycles. The van der Waals surface area contributed by atoms with Gasteiger partial charge in [-0.05, 0) is 5.92 Å². The third kappa shape index (κ3) is 3.28. The summed E-state index contributed by atoms with van der Waals surface area (Å²) in [5.41, 5.74) is 5.08. The molecule has 4 N–H and O–H groups in total. The van der Waals surface area contributed by atoms with E-state index in [2.05, 4.69) is 16.5 Å². The Morgan fingerprint density at radius 2 is 2.29 bits per heavy atom. The second kappa shape index (κ2) is 5.44. The molecule has 0 aliphatic carbocycles. The minimum atomic E-state index is -0.733. The van der Waals surface area contributed by atoms with Crippen LogP contribution in [0.3, 0.4) is 0 Å². The highest BCUT2D eigenvalue weighted by atomic mass is 16.3. The Morgan fingerprint density at radius 1 is 1.65 bits per heavy atom. The van der Waals surface area contributed by atoms with Crippen LogP contribution >= 0.6 is 0 Å². The number of primary amides is 1. The number of hydrogen-bond donors (Lipinski definition) is 3. The zero-order valence-electron chi connectivity index (χ0n) is 9.73. The Hall–Kier alpha value is -1.89. The van der Waals surface area contributed by atoms with Gasteiger partial charge in [-0.25, -0.2) is 0 Å². The average molecular weight is 239 g/mol. The maximum atomic E-state index is 11.7. The number of carbonyl (C=O) groups excluding carboxylic acids is 2. The van der Waals surface area contributed by atoms with Gasteiger partial charge in [-0.2, -0.15) is 5.10 Å². The molecule has 1 heterocycles. The number of nitrogens with one attached hydrogen (secondary N) is 1. The molecule has 0 bridgehead atoms. The first-order chi connectivity index (χ1) is 7.95. The van der Waals surface area contributed by atoms with Crippen molar-refractivity contribution in [3.05, 3.63) is 17.5 Å². The SMILES string of the molecule is CC(CO)CNC(=O)c1[c]c(C(N)=O)nn1C.